The number of hydrogen-bond acceptors (Lipinski definition) is 3. The lowest BCUT2D eigenvalue weighted by Gasteiger charge is -2.13. The molecule has 0 bridgehead atoms. The van der Waals surface area contributed by atoms with E-state index in [1.54, 1.807) is 11.8 Å². The fourth-order valence-electron chi connectivity index (χ4n) is 2.28. The maximum Gasteiger partial charge on any atom is 0.0705 e. The molecular weight excluding hydrogens is 264 g/mol. The number of aromatic nitrogens is 1. The van der Waals surface area contributed by atoms with E-state index in [-0.39, 0.29) is 6.04 Å². The maximum absolute atomic E-state index is 6.36. The van der Waals surface area contributed by atoms with Crippen LogP contribution in [0.3, 0.4) is 0 Å². The minimum absolute atomic E-state index is 0.114. The van der Waals surface area contributed by atoms with E-state index >= 15 is 0 Å². The van der Waals surface area contributed by atoms with E-state index in [2.05, 4.69) is 59.8 Å². The van der Waals surface area contributed by atoms with Crippen LogP contribution < -0.4 is 5.73 Å². The molecule has 0 aliphatic heterocycles. The Labute approximate surface area is 123 Å². The summed E-state index contributed by atoms with van der Waals surface area (Å²) in [5.41, 5.74) is 9.57. The third kappa shape index (κ3) is 2.55. The van der Waals surface area contributed by atoms with Crippen molar-refractivity contribution < 1.29 is 0 Å². The average Bonchev–Trinajstić information content (AvgIpc) is 2.54. The van der Waals surface area contributed by atoms with E-state index in [4.69, 9.17) is 5.73 Å². The Hall–Kier alpha value is -1.84. The number of hydrogen-bond donors (Lipinski definition) is 1. The van der Waals surface area contributed by atoms with Crippen LogP contribution in [0, 0.1) is 0 Å². The second-order valence-corrected chi connectivity index (χ2v) is 5.59. The SMILES string of the molecule is CSc1ccc(C(N)c2ccc3cccnc3c2)cc1. The predicted molar refractivity (Wildman–Crippen MR) is 86.0 cm³/mol. The fourth-order valence-corrected chi connectivity index (χ4v) is 2.69. The third-order valence-corrected chi connectivity index (χ3v) is 4.21. The van der Waals surface area contributed by atoms with E-state index in [0.29, 0.717) is 0 Å². The Morgan fingerprint density at radius 2 is 1.75 bits per heavy atom. The van der Waals surface area contributed by atoms with Crippen LogP contribution >= 0.6 is 11.8 Å². The number of rotatable bonds is 3. The first-order valence-corrected chi connectivity index (χ1v) is 7.74. The molecule has 1 aromatic heterocycles. The molecule has 1 heterocycles. The second-order valence-electron chi connectivity index (χ2n) is 4.71. The second kappa shape index (κ2) is 5.65. The van der Waals surface area contributed by atoms with E-state index in [1.165, 1.54) is 4.90 Å². The van der Waals surface area contributed by atoms with Crippen molar-refractivity contribution >= 4 is 22.7 Å². The van der Waals surface area contributed by atoms with Gasteiger partial charge in [0.1, 0.15) is 0 Å². The third-order valence-electron chi connectivity index (χ3n) is 3.46. The normalized spacial score (nSPS) is 12.5. The summed E-state index contributed by atoms with van der Waals surface area (Å²) in [4.78, 5) is 5.64. The summed E-state index contributed by atoms with van der Waals surface area (Å²) in [6.07, 6.45) is 3.88. The number of pyridine rings is 1. The Bertz CT molecular complexity index is 722. The van der Waals surface area contributed by atoms with Crippen molar-refractivity contribution in [1.82, 2.24) is 4.98 Å². The van der Waals surface area contributed by atoms with Crippen molar-refractivity contribution in [1.29, 1.82) is 0 Å². The van der Waals surface area contributed by atoms with E-state index < -0.39 is 0 Å². The number of nitrogens with two attached hydrogens (primary N) is 1. The topological polar surface area (TPSA) is 38.9 Å². The minimum Gasteiger partial charge on any atom is -0.320 e. The Morgan fingerprint density at radius 1 is 1.00 bits per heavy atom. The molecule has 20 heavy (non-hydrogen) atoms. The molecule has 1 atom stereocenters. The molecule has 0 spiro atoms. The van der Waals surface area contributed by atoms with Gasteiger partial charge in [-0.15, -0.1) is 11.8 Å². The zero-order chi connectivity index (χ0) is 13.9. The molecule has 3 rings (SSSR count). The highest BCUT2D eigenvalue weighted by molar-refractivity contribution is 7.98. The smallest absolute Gasteiger partial charge is 0.0705 e. The van der Waals surface area contributed by atoms with Gasteiger partial charge in [0.25, 0.3) is 0 Å². The van der Waals surface area contributed by atoms with Crippen molar-refractivity contribution in [2.75, 3.05) is 6.26 Å². The monoisotopic (exact) mass is 280 g/mol. The van der Waals surface area contributed by atoms with Gasteiger partial charge in [-0.3, -0.25) is 4.98 Å². The predicted octanol–water partition coefficient (Wildman–Crippen LogP) is 4.00. The van der Waals surface area contributed by atoms with Gasteiger partial charge in [-0.05, 0) is 41.6 Å². The van der Waals surface area contributed by atoms with Crippen molar-refractivity contribution in [3.8, 4) is 0 Å². The molecule has 0 radical (unpaired) electrons. The lowest BCUT2D eigenvalue weighted by molar-refractivity contribution is 0.871. The Kier molecular flexibility index (Phi) is 3.72. The summed E-state index contributed by atoms with van der Waals surface area (Å²) in [5, 5.41) is 1.14. The van der Waals surface area contributed by atoms with E-state index in [9.17, 15) is 0 Å². The summed E-state index contributed by atoms with van der Waals surface area (Å²) < 4.78 is 0. The highest BCUT2D eigenvalue weighted by Gasteiger charge is 2.09. The van der Waals surface area contributed by atoms with Crippen LogP contribution in [0.5, 0.6) is 0 Å². The zero-order valence-corrected chi connectivity index (χ0v) is 12.1. The summed E-state index contributed by atoms with van der Waals surface area (Å²) in [6.45, 7) is 0. The van der Waals surface area contributed by atoms with Gasteiger partial charge in [-0.1, -0.05) is 30.3 Å². The average molecular weight is 280 g/mol. The van der Waals surface area contributed by atoms with Crippen LogP contribution in [-0.2, 0) is 0 Å². The molecule has 0 aliphatic carbocycles. The van der Waals surface area contributed by atoms with Crippen LogP contribution in [0.15, 0.2) is 65.7 Å². The summed E-state index contributed by atoms with van der Waals surface area (Å²) in [7, 11) is 0. The van der Waals surface area contributed by atoms with Gasteiger partial charge >= 0.3 is 0 Å². The minimum atomic E-state index is -0.114. The molecule has 0 saturated heterocycles. The largest absolute Gasteiger partial charge is 0.320 e. The van der Waals surface area contributed by atoms with E-state index in [1.807, 2.05) is 12.3 Å². The van der Waals surface area contributed by atoms with Crippen LogP contribution in [0.4, 0.5) is 0 Å². The van der Waals surface area contributed by atoms with Crippen LogP contribution in [0.2, 0.25) is 0 Å². The first-order chi connectivity index (χ1) is 9.78. The fraction of sp³-hybridized carbons (Fsp3) is 0.118. The van der Waals surface area contributed by atoms with Crippen LogP contribution in [-0.4, -0.2) is 11.2 Å². The van der Waals surface area contributed by atoms with Crippen molar-refractivity contribution in [2.45, 2.75) is 10.9 Å². The van der Waals surface area contributed by atoms with Crippen molar-refractivity contribution in [3.63, 3.8) is 0 Å². The number of benzene rings is 2. The molecule has 0 amide bonds. The number of fused-ring (bicyclic) bond motifs is 1. The van der Waals surface area contributed by atoms with Gasteiger partial charge in [-0.25, -0.2) is 0 Å². The van der Waals surface area contributed by atoms with Gasteiger partial charge < -0.3 is 5.73 Å². The molecule has 0 aliphatic rings. The lowest BCUT2D eigenvalue weighted by Crippen LogP contribution is -2.11. The van der Waals surface area contributed by atoms with Crippen LogP contribution in [0.25, 0.3) is 10.9 Å². The molecule has 0 saturated carbocycles. The number of thioether (sulfide) groups is 1. The highest BCUT2D eigenvalue weighted by Crippen LogP contribution is 2.24. The molecule has 3 aromatic rings. The Morgan fingerprint density at radius 3 is 2.50 bits per heavy atom. The summed E-state index contributed by atoms with van der Waals surface area (Å²) >= 11 is 1.74. The maximum atomic E-state index is 6.36. The number of nitrogens with zero attached hydrogens (tertiary/aromatic N) is 1. The van der Waals surface area contributed by atoms with E-state index in [0.717, 1.165) is 22.0 Å². The molecule has 1 unspecified atom stereocenters. The van der Waals surface area contributed by atoms with Crippen molar-refractivity contribution in [2.24, 2.45) is 5.73 Å². The summed E-state index contributed by atoms with van der Waals surface area (Å²) in [6, 6.07) is 18.5. The van der Waals surface area contributed by atoms with Gasteiger partial charge in [0.2, 0.25) is 0 Å². The molecular formula is C17H16N2S. The van der Waals surface area contributed by atoms with Gasteiger partial charge in [-0.2, -0.15) is 0 Å². The molecule has 0 fully saturated rings. The summed E-state index contributed by atoms with van der Waals surface area (Å²) in [5.74, 6) is 0. The standard InChI is InChI=1S/C17H16N2S/c1-20-15-8-6-13(7-9-15)17(18)14-5-4-12-3-2-10-19-16(12)11-14/h2-11,17H,18H2,1H3. The molecule has 3 heteroatoms. The quantitative estimate of drug-likeness (QED) is 0.737. The molecule has 2 nitrogen and oxygen atoms in total. The molecule has 2 aromatic carbocycles. The van der Waals surface area contributed by atoms with Gasteiger partial charge in [0.15, 0.2) is 0 Å². The molecule has 100 valence electrons. The first-order valence-electron chi connectivity index (χ1n) is 6.52. The first kappa shape index (κ1) is 13.2. The van der Waals surface area contributed by atoms with Gasteiger partial charge in [0.05, 0.1) is 11.6 Å². The van der Waals surface area contributed by atoms with Gasteiger partial charge in [0, 0.05) is 16.5 Å². The zero-order valence-electron chi connectivity index (χ0n) is 11.3. The Balaban J connectivity index is 1.96. The van der Waals surface area contributed by atoms with Crippen LogP contribution in [0.1, 0.15) is 17.2 Å². The van der Waals surface area contributed by atoms with Crippen molar-refractivity contribution in [3.05, 3.63) is 71.9 Å². The lowest BCUT2D eigenvalue weighted by atomic mass is 9.98. The molecule has 2 N–H and O–H groups in total. The highest BCUT2D eigenvalue weighted by atomic mass is 32.2.